The van der Waals surface area contributed by atoms with Gasteiger partial charge in [0.15, 0.2) is 5.78 Å². The third-order valence-electron chi connectivity index (χ3n) is 2.00. The van der Waals surface area contributed by atoms with Gasteiger partial charge in [-0.05, 0) is 28.1 Å². The molecule has 0 saturated heterocycles. The molecule has 82 valence electrons. The van der Waals surface area contributed by atoms with Crippen LogP contribution in [0.15, 0.2) is 15.9 Å². The molecule has 3 nitrogen and oxygen atoms in total. The minimum Gasteiger partial charge on any atom is -0.481 e. The lowest BCUT2D eigenvalue weighted by molar-refractivity contribution is -0.138. The second-order valence-electron chi connectivity index (χ2n) is 3.89. The zero-order chi connectivity index (χ0) is 11.6. The van der Waals surface area contributed by atoms with E-state index >= 15 is 0 Å². The molecule has 1 N–H and O–H groups in total. The second-order valence-corrected chi connectivity index (χ2v) is 6.35. The summed E-state index contributed by atoms with van der Waals surface area (Å²) in [4.78, 5) is 23.1. The first-order valence-corrected chi connectivity index (χ1v) is 5.96. The number of aliphatic carboxylic acids is 1. The van der Waals surface area contributed by atoms with E-state index in [4.69, 9.17) is 5.11 Å². The van der Waals surface area contributed by atoms with Crippen molar-refractivity contribution in [3.8, 4) is 0 Å². The molecule has 0 amide bonds. The highest BCUT2D eigenvalue weighted by Gasteiger charge is 2.32. The Morgan fingerprint density at radius 1 is 1.47 bits per heavy atom. The minimum atomic E-state index is -0.955. The van der Waals surface area contributed by atoms with Crippen LogP contribution < -0.4 is 0 Å². The van der Waals surface area contributed by atoms with Crippen LogP contribution in [0.2, 0.25) is 0 Å². The van der Waals surface area contributed by atoms with Crippen LogP contribution >= 0.6 is 27.3 Å². The number of rotatable bonds is 4. The van der Waals surface area contributed by atoms with Crippen molar-refractivity contribution in [3.05, 3.63) is 20.8 Å². The van der Waals surface area contributed by atoms with Gasteiger partial charge in [-0.25, -0.2) is 0 Å². The zero-order valence-corrected chi connectivity index (χ0v) is 10.8. The number of carbonyl (C=O) groups is 2. The Balaban J connectivity index is 2.88. The van der Waals surface area contributed by atoms with E-state index in [0.29, 0.717) is 4.88 Å². The molecule has 1 aromatic rings. The number of halogens is 1. The number of carboxylic acids is 1. The number of hydrogen-bond donors (Lipinski definition) is 1. The predicted octanol–water partition coefficient (Wildman–Crippen LogP) is 3.19. The van der Waals surface area contributed by atoms with Crippen molar-refractivity contribution in [1.29, 1.82) is 0 Å². The highest BCUT2D eigenvalue weighted by atomic mass is 79.9. The summed E-state index contributed by atoms with van der Waals surface area (Å²) >= 11 is 4.59. The molecule has 0 unspecified atom stereocenters. The van der Waals surface area contributed by atoms with Gasteiger partial charge in [0.05, 0.1) is 15.1 Å². The third kappa shape index (κ3) is 3.14. The summed E-state index contributed by atoms with van der Waals surface area (Å²) in [5, 5.41) is 8.69. The summed E-state index contributed by atoms with van der Waals surface area (Å²) in [7, 11) is 0. The Labute approximate surface area is 100 Å². The van der Waals surface area contributed by atoms with Gasteiger partial charge < -0.3 is 5.11 Å². The summed E-state index contributed by atoms with van der Waals surface area (Å²) in [6.45, 7) is 3.30. The van der Waals surface area contributed by atoms with E-state index in [-0.39, 0.29) is 12.2 Å². The Kier molecular flexibility index (Phi) is 3.67. The van der Waals surface area contributed by atoms with Crippen molar-refractivity contribution >= 4 is 39.0 Å². The summed E-state index contributed by atoms with van der Waals surface area (Å²) < 4.78 is 0.872. The van der Waals surface area contributed by atoms with Crippen molar-refractivity contribution in [3.63, 3.8) is 0 Å². The largest absolute Gasteiger partial charge is 0.481 e. The summed E-state index contributed by atoms with van der Waals surface area (Å²) in [5.74, 6) is -1.08. The van der Waals surface area contributed by atoms with Gasteiger partial charge in [-0.2, -0.15) is 0 Å². The van der Waals surface area contributed by atoms with Crippen LogP contribution in [0.25, 0.3) is 0 Å². The minimum absolute atomic E-state index is 0.124. The average molecular weight is 291 g/mol. The maximum Gasteiger partial charge on any atom is 0.304 e. The molecule has 1 rings (SSSR count). The van der Waals surface area contributed by atoms with Gasteiger partial charge in [-0.15, -0.1) is 11.3 Å². The lowest BCUT2D eigenvalue weighted by Gasteiger charge is -2.19. The number of carbonyl (C=O) groups excluding carboxylic acids is 1. The van der Waals surface area contributed by atoms with Crippen LogP contribution in [0.3, 0.4) is 0 Å². The van der Waals surface area contributed by atoms with Gasteiger partial charge in [0, 0.05) is 5.41 Å². The molecule has 0 saturated carbocycles. The summed E-state index contributed by atoms with van der Waals surface area (Å²) in [5.41, 5.74) is -0.851. The molecule has 1 aromatic heterocycles. The third-order valence-corrected chi connectivity index (χ3v) is 3.63. The molecular weight excluding hydrogens is 280 g/mol. The standard InChI is InChI=1S/C10H11BrO3S/c1-10(2,5-8(12)13)9(14)6-3-4-7(11)15-6/h3-4H,5H2,1-2H3,(H,12,13). The molecule has 0 fully saturated rings. The van der Waals surface area contributed by atoms with Crippen LogP contribution in [0.5, 0.6) is 0 Å². The normalized spacial score (nSPS) is 11.4. The molecule has 0 atom stereocenters. The Hall–Kier alpha value is -0.680. The number of Topliss-reactive ketones (excluding diaryl/α,β-unsaturated/α-hetero) is 1. The first kappa shape index (κ1) is 12.4. The first-order valence-electron chi connectivity index (χ1n) is 4.35. The topological polar surface area (TPSA) is 54.4 Å². The van der Waals surface area contributed by atoms with Crippen LogP contribution in [0, 0.1) is 5.41 Å². The maximum atomic E-state index is 11.9. The van der Waals surface area contributed by atoms with Crippen LogP contribution in [0.4, 0.5) is 0 Å². The predicted molar refractivity (Wildman–Crippen MR) is 62.4 cm³/mol. The average Bonchev–Trinajstić information content (AvgIpc) is 2.48. The maximum absolute atomic E-state index is 11.9. The molecule has 0 bridgehead atoms. The van der Waals surface area contributed by atoms with Gasteiger partial charge in [0.25, 0.3) is 0 Å². The van der Waals surface area contributed by atoms with Crippen molar-refractivity contribution in [2.45, 2.75) is 20.3 Å². The zero-order valence-electron chi connectivity index (χ0n) is 8.41. The second kappa shape index (κ2) is 4.45. The summed E-state index contributed by atoms with van der Waals surface area (Å²) in [6, 6.07) is 3.50. The molecule has 0 aliphatic rings. The van der Waals surface area contributed by atoms with E-state index in [9.17, 15) is 9.59 Å². The molecule has 0 aliphatic carbocycles. The molecule has 0 radical (unpaired) electrons. The van der Waals surface area contributed by atoms with Crippen LogP contribution in [-0.2, 0) is 4.79 Å². The highest BCUT2D eigenvalue weighted by Crippen LogP contribution is 2.31. The molecule has 0 aliphatic heterocycles. The lowest BCUT2D eigenvalue weighted by Crippen LogP contribution is -2.26. The SMILES string of the molecule is CC(C)(CC(=O)O)C(=O)c1ccc(Br)s1. The fraction of sp³-hybridized carbons (Fsp3) is 0.400. The number of thiophene rings is 1. The first-order chi connectivity index (χ1) is 6.83. The molecular formula is C10H11BrO3S. The van der Waals surface area contributed by atoms with Gasteiger partial charge in [-0.1, -0.05) is 13.8 Å². The van der Waals surface area contributed by atoms with E-state index in [0.717, 1.165) is 3.79 Å². The van der Waals surface area contributed by atoms with Crippen molar-refractivity contribution in [2.24, 2.45) is 5.41 Å². The number of ketones is 1. The quantitative estimate of drug-likeness (QED) is 0.867. The van der Waals surface area contributed by atoms with Gasteiger partial charge >= 0.3 is 5.97 Å². The monoisotopic (exact) mass is 290 g/mol. The lowest BCUT2D eigenvalue weighted by atomic mass is 9.84. The van der Waals surface area contributed by atoms with Gasteiger partial charge in [0.1, 0.15) is 0 Å². The Morgan fingerprint density at radius 2 is 2.07 bits per heavy atom. The van der Waals surface area contributed by atoms with Gasteiger partial charge in [0.2, 0.25) is 0 Å². The molecule has 0 spiro atoms. The molecule has 15 heavy (non-hydrogen) atoms. The van der Waals surface area contributed by atoms with Crippen molar-refractivity contribution in [1.82, 2.24) is 0 Å². The fourth-order valence-electron chi connectivity index (χ4n) is 1.23. The summed E-state index contributed by atoms with van der Waals surface area (Å²) in [6.07, 6.45) is -0.151. The Morgan fingerprint density at radius 3 is 2.47 bits per heavy atom. The molecule has 5 heteroatoms. The van der Waals surface area contributed by atoms with Crippen LogP contribution in [0.1, 0.15) is 29.9 Å². The van der Waals surface area contributed by atoms with E-state index in [1.807, 2.05) is 0 Å². The van der Waals surface area contributed by atoms with E-state index in [2.05, 4.69) is 15.9 Å². The van der Waals surface area contributed by atoms with Gasteiger partial charge in [-0.3, -0.25) is 9.59 Å². The molecule has 1 heterocycles. The van der Waals surface area contributed by atoms with E-state index < -0.39 is 11.4 Å². The number of carboxylic acid groups (broad SMARTS) is 1. The van der Waals surface area contributed by atoms with Crippen LogP contribution in [-0.4, -0.2) is 16.9 Å². The highest BCUT2D eigenvalue weighted by molar-refractivity contribution is 9.11. The molecule has 0 aromatic carbocycles. The Bertz CT molecular complexity index is 395. The fourth-order valence-corrected chi connectivity index (χ4v) is 2.73. The number of hydrogen-bond acceptors (Lipinski definition) is 3. The van der Waals surface area contributed by atoms with Crippen molar-refractivity contribution < 1.29 is 14.7 Å². The van der Waals surface area contributed by atoms with E-state index in [1.54, 1.807) is 26.0 Å². The van der Waals surface area contributed by atoms with Crippen molar-refractivity contribution in [2.75, 3.05) is 0 Å². The smallest absolute Gasteiger partial charge is 0.304 e. The van der Waals surface area contributed by atoms with E-state index in [1.165, 1.54) is 11.3 Å².